The highest BCUT2D eigenvalue weighted by atomic mass is 79.9. The van der Waals surface area contributed by atoms with E-state index >= 15 is 0 Å². The molecule has 0 bridgehead atoms. The third-order valence-corrected chi connectivity index (χ3v) is 5.51. The smallest absolute Gasteiger partial charge is 0.369 e. The number of carbonyl (C=O) groups is 1. The third kappa shape index (κ3) is 3.39. The lowest BCUT2D eigenvalue weighted by molar-refractivity contribution is -0.137. The second kappa shape index (κ2) is 6.88. The van der Waals surface area contributed by atoms with E-state index in [4.69, 9.17) is 5.73 Å². The molecule has 2 aromatic rings. The van der Waals surface area contributed by atoms with Crippen molar-refractivity contribution in [1.82, 2.24) is 4.90 Å². The van der Waals surface area contributed by atoms with Gasteiger partial charge in [0.05, 0.1) is 16.0 Å². The molecule has 0 radical (unpaired) electrons. The molecule has 0 aromatic heterocycles. The summed E-state index contributed by atoms with van der Waals surface area (Å²) in [6.07, 6.45) is -4.49. The Morgan fingerprint density at radius 1 is 1.18 bits per heavy atom. The number of benzene rings is 2. The molecule has 0 fully saturated rings. The fraction of sp³-hybridized carbons (Fsp3) is 0.263. The molecular formula is C19H16BrF4N3O. The van der Waals surface area contributed by atoms with Gasteiger partial charge in [-0.1, -0.05) is 18.2 Å². The van der Waals surface area contributed by atoms with E-state index in [2.05, 4.69) is 20.9 Å². The molecule has 2 aromatic carbocycles. The van der Waals surface area contributed by atoms with Crippen molar-refractivity contribution in [3.05, 3.63) is 69.4 Å². The maximum atomic E-state index is 13.7. The Morgan fingerprint density at radius 3 is 2.32 bits per heavy atom. The second-order valence-electron chi connectivity index (χ2n) is 6.70. The van der Waals surface area contributed by atoms with E-state index in [1.807, 2.05) is 0 Å². The first-order valence-electron chi connectivity index (χ1n) is 8.20. The van der Waals surface area contributed by atoms with Crippen molar-refractivity contribution in [2.75, 3.05) is 7.05 Å². The van der Waals surface area contributed by atoms with Crippen molar-refractivity contribution >= 4 is 27.8 Å². The minimum absolute atomic E-state index is 0.0314. The van der Waals surface area contributed by atoms with E-state index < -0.39 is 34.9 Å². The van der Waals surface area contributed by atoms with Crippen LogP contribution in [0.3, 0.4) is 0 Å². The molecule has 3 rings (SSSR count). The second-order valence-corrected chi connectivity index (χ2v) is 7.55. The summed E-state index contributed by atoms with van der Waals surface area (Å²) in [5.74, 6) is -1.88. The van der Waals surface area contributed by atoms with Crippen molar-refractivity contribution in [2.24, 2.45) is 10.7 Å². The standard InChI is InChI=1S/C19H16BrF4N3O/c1-18(12-7-8-14(21)13(20)9-12)15(16(28)27(2)17(25)26-18)10-3-5-11(6-4-10)19(22,23)24/h3-9,15H,1-2H3,(H2,25,26)/t15-,18+/m0/s1. The number of halogens is 5. The van der Waals surface area contributed by atoms with Gasteiger partial charge in [-0.3, -0.25) is 9.69 Å². The summed E-state index contributed by atoms with van der Waals surface area (Å²) in [6.45, 7) is 1.65. The lowest BCUT2D eigenvalue weighted by Gasteiger charge is -2.41. The van der Waals surface area contributed by atoms with Gasteiger partial charge in [-0.25, -0.2) is 9.38 Å². The van der Waals surface area contributed by atoms with E-state index in [9.17, 15) is 22.4 Å². The molecule has 1 aliphatic heterocycles. The first kappa shape index (κ1) is 20.3. The Morgan fingerprint density at radius 2 is 1.79 bits per heavy atom. The van der Waals surface area contributed by atoms with Gasteiger partial charge < -0.3 is 5.73 Å². The minimum Gasteiger partial charge on any atom is -0.369 e. The van der Waals surface area contributed by atoms with Crippen LogP contribution < -0.4 is 5.73 Å². The summed E-state index contributed by atoms with van der Waals surface area (Å²) in [6, 6.07) is 8.55. The fourth-order valence-corrected chi connectivity index (χ4v) is 3.68. The van der Waals surface area contributed by atoms with E-state index in [-0.39, 0.29) is 10.4 Å². The summed E-state index contributed by atoms with van der Waals surface area (Å²) in [7, 11) is 1.44. The normalized spacial score (nSPS) is 23.0. The number of nitrogens with two attached hydrogens (primary N) is 1. The van der Waals surface area contributed by atoms with Gasteiger partial charge in [-0.05, 0) is 58.2 Å². The van der Waals surface area contributed by atoms with Gasteiger partial charge in [0.1, 0.15) is 11.4 Å². The summed E-state index contributed by atoms with van der Waals surface area (Å²) < 4.78 is 52.6. The number of hydrogen-bond donors (Lipinski definition) is 1. The van der Waals surface area contributed by atoms with E-state index in [0.29, 0.717) is 11.1 Å². The quantitative estimate of drug-likeness (QED) is 0.679. The highest BCUT2D eigenvalue weighted by Gasteiger charge is 2.47. The van der Waals surface area contributed by atoms with Crippen LogP contribution >= 0.6 is 15.9 Å². The monoisotopic (exact) mass is 457 g/mol. The largest absolute Gasteiger partial charge is 0.416 e. The van der Waals surface area contributed by atoms with Gasteiger partial charge in [-0.2, -0.15) is 13.2 Å². The van der Waals surface area contributed by atoms with Crippen LogP contribution in [0.25, 0.3) is 0 Å². The summed E-state index contributed by atoms with van der Waals surface area (Å²) >= 11 is 3.11. The molecule has 0 aliphatic carbocycles. The number of amides is 1. The number of aliphatic imine (C=N–C) groups is 1. The number of guanidine groups is 1. The zero-order valence-corrected chi connectivity index (χ0v) is 16.5. The number of nitrogens with zero attached hydrogens (tertiary/aromatic N) is 2. The van der Waals surface area contributed by atoms with Gasteiger partial charge in [-0.15, -0.1) is 0 Å². The van der Waals surface area contributed by atoms with E-state index in [1.165, 1.54) is 37.4 Å². The minimum atomic E-state index is -4.49. The van der Waals surface area contributed by atoms with E-state index in [1.54, 1.807) is 6.92 Å². The van der Waals surface area contributed by atoms with Crippen molar-refractivity contribution in [2.45, 2.75) is 24.6 Å². The summed E-state index contributed by atoms with van der Waals surface area (Å²) in [4.78, 5) is 18.6. The highest BCUT2D eigenvalue weighted by Crippen LogP contribution is 2.45. The molecule has 0 saturated heterocycles. The Hall–Kier alpha value is -2.42. The molecule has 2 N–H and O–H groups in total. The predicted molar refractivity (Wildman–Crippen MR) is 100 cm³/mol. The van der Waals surface area contributed by atoms with Crippen LogP contribution in [0.2, 0.25) is 0 Å². The fourth-order valence-electron chi connectivity index (χ4n) is 3.30. The maximum absolute atomic E-state index is 13.7. The average molecular weight is 458 g/mol. The van der Waals surface area contributed by atoms with Crippen molar-refractivity contribution < 1.29 is 22.4 Å². The lowest BCUT2D eigenvalue weighted by atomic mass is 9.74. The van der Waals surface area contributed by atoms with Crippen LogP contribution in [0.1, 0.15) is 29.5 Å². The molecule has 9 heteroatoms. The molecule has 0 spiro atoms. The molecule has 1 heterocycles. The Bertz CT molecular complexity index is 959. The summed E-state index contributed by atoms with van der Waals surface area (Å²) in [5.41, 5.74) is 4.69. The maximum Gasteiger partial charge on any atom is 0.416 e. The molecule has 2 atom stereocenters. The highest BCUT2D eigenvalue weighted by molar-refractivity contribution is 9.10. The van der Waals surface area contributed by atoms with Gasteiger partial charge in [0.15, 0.2) is 5.96 Å². The molecule has 0 saturated carbocycles. The lowest BCUT2D eigenvalue weighted by Crippen LogP contribution is -2.52. The first-order valence-corrected chi connectivity index (χ1v) is 9.00. The van der Waals surface area contributed by atoms with Crippen molar-refractivity contribution in [3.8, 4) is 0 Å². The van der Waals surface area contributed by atoms with Crippen LogP contribution in [-0.4, -0.2) is 23.8 Å². The predicted octanol–water partition coefficient (Wildman–Crippen LogP) is 4.39. The van der Waals surface area contributed by atoms with Crippen LogP contribution in [0, 0.1) is 5.82 Å². The SMILES string of the molecule is CN1C(=O)[C@H](c2ccc(C(F)(F)F)cc2)[C@@](C)(c2ccc(F)c(Br)c2)N=C1N. The molecule has 28 heavy (non-hydrogen) atoms. The topological polar surface area (TPSA) is 58.7 Å². The van der Waals surface area contributed by atoms with Gasteiger partial charge >= 0.3 is 6.18 Å². The zero-order valence-electron chi connectivity index (χ0n) is 14.9. The molecular weight excluding hydrogens is 442 g/mol. The first-order chi connectivity index (χ1) is 12.9. The van der Waals surface area contributed by atoms with Crippen LogP contribution in [0.5, 0.6) is 0 Å². The van der Waals surface area contributed by atoms with Crippen molar-refractivity contribution in [1.29, 1.82) is 0 Å². The van der Waals surface area contributed by atoms with Crippen molar-refractivity contribution in [3.63, 3.8) is 0 Å². The Balaban J connectivity index is 2.17. The Kier molecular flexibility index (Phi) is 4.99. The number of rotatable bonds is 2. The number of alkyl halides is 3. The number of carbonyl (C=O) groups excluding carboxylic acids is 1. The Labute approximate surface area is 167 Å². The van der Waals surface area contributed by atoms with Crippen LogP contribution in [-0.2, 0) is 16.5 Å². The molecule has 4 nitrogen and oxygen atoms in total. The molecule has 1 amide bonds. The van der Waals surface area contributed by atoms with Gasteiger partial charge in [0.25, 0.3) is 0 Å². The number of hydrogen-bond acceptors (Lipinski definition) is 3. The third-order valence-electron chi connectivity index (χ3n) is 4.91. The molecule has 0 unspecified atom stereocenters. The summed E-state index contributed by atoms with van der Waals surface area (Å²) in [5, 5.41) is 0. The van der Waals surface area contributed by atoms with Gasteiger partial charge in [0, 0.05) is 7.05 Å². The van der Waals surface area contributed by atoms with Crippen LogP contribution in [0.4, 0.5) is 17.6 Å². The number of likely N-dealkylation sites (N-methyl/N-ethyl adjacent to an activating group) is 1. The molecule has 148 valence electrons. The van der Waals surface area contributed by atoms with Crippen LogP contribution in [0.15, 0.2) is 51.9 Å². The zero-order chi connectivity index (χ0) is 20.9. The molecule has 1 aliphatic rings. The average Bonchev–Trinajstić information content (AvgIpc) is 2.62. The van der Waals surface area contributed by atoms with E-state index in [0.717, 1.165) is 17.0 Å². The van der Waals surface area contributed by atoms with Gasteiger partial charge in [0.2, 0.25) is 5.91 Å².